The second-order valence-corrected chi connectivity index (χ2v) is 8.63. The van der Waals surface area contributed by atoms with Gasteiger partial charge in [-0.3, -0.25) is 0 Å². The fraction of sp³-hybridized carbons (Fsp3) is 0.600. The van der Waals surface area contributed by atoms with Gasteiger partial charge in [0.25, 0.3) is 0 Å². The quantitative estimate of drug-likeness (QED) is 0.825. The normalized spacial score (nSPS) is 23.6. The van der Waals surface area contributed by atoms with Crippen molar-refractivity contribution < 1.29 is 4.43 Å². The van der Waals surface area contributed by atoms with Crippen molar-refractivity contribution in [3.63, 3.8) is 0 Å². The molecule has 0 spiro atoms. The Labute approximate surface area is 112 Å². The number of rotatable bonds is 5. The van der Waals surface area contributed by atoms with E-state index in [9.17, 15) is 0 Å². The second-order valence-electron chi connectivity index (χ2n) is 5.47. The molecular formula is C15H25NOSi. The van der Waals surface area contributed by atoms with Crippen molar-refractivity contribution in [2.45, 2.75) is 50.9 Å². The molecule has 100 valence electrons. The lowest BCUT2D eigenvalue weighted by molar-refractivity contribution is 0.252. The van der Waals surface area contributed by atoms with Gasteiger partial charge in [-0.25, -0.2) is 0 Å². The number of hydrogen-bond donors (Lipinski definition) is 1. The van der Waals surface area contributed by atoms with Crippen molar-refractivity contribution in [3.8, 4) is 0 Å². The van der Waals surface area contributed by atoms with Crippen LogP contribution in [-0.2, 0) is 11.0 Å². The van der Waals surface area contributed by atoms with E-state index in [-0.39, 0.29) is 5.16 Å². The van der Waals surface area contributed by atoms with E-state index in [0.29, 0.717) is 0 Å². The van der Waals surface area contributed by atoms with Gasteiger partial charge in [-0.05, 0) is 31.4 Å². The largest absolute Gasteiger partial charge is 0.418 e. The van der Waals surface area contributed by atoms with Crippen molar-refractivity contribution in [2.75, 3.05) is 6.61 Å². The minimum Gasteiger partial charge on any atom is -0.418 e. The van der Waals surface area contributed by atoms with Crippen LogP contribution in [0.2, 0.25) is 6.04 Å². The molecule has 1 aliphatic rings. The number of nitrogens with one attached hydrogen (secondary N) is 1. The Morgan fingerprint density at radius 1 is 1.28 bits per heavy atom. The third-order valence-corrected chi connectivity index (χ3v) is 7.77. The predicted molar refractivity (Wildman–Crippen MR) is 79.1 cm³/mol. The highest BCUT2D eigenvalue weighted by molar-refractivity contribution is 6.55. The molecule has 0 saturated carbocycles. The molecule has 1 aliphatic heterocycles. The minimum absolute atomic E-state index is 0.232. The fourth-order valence-corrected chi connectivity index (χ4v) is 5.68. The van der Waals surface area contributed by atoms with Crippen LogP contribution in [0.3, 0.4) is 0 Å². The van der Waals surface area contributed by atoms with Gasteiger partial charge in [-0.15, -0.1) is 0 Å². The van der Waals surface area contributed by atoms with Gasteiger partial charge in [-0.2, -0.15) is 0 Å². The topological polar surface area (TPSA) is 21.3 Å². The third kappa shape index (κ3) is 3.43. The van der Waals surface area contributed by atoms with Crippen molar-refractivity contribution in [3.05, 3.63) is 35.9 Å². The second kappa shape index (κ2) is 6.50. The van der Waals surface area contributed by atoms with Crippen LogP contribution >= 0.6 is 0 Å². The van der Waals surface area contributed by atoms with Crippen LogP contribution < -0.4 is 5.32 Å². The molecule has 2 nitrogen and oxygen atoms in total. The van der Waals surface area contributed by atoms with Crippen LogP contribution in [0.15, 0.2) is 30.3 Å². The summed E-state index contributed by atoms with van der Waals surface area (Å²) in [6.07, 6.45) is 3.78. The molecule has 3 heteroatoms. The standard InChI is InChI=1S/C15H25NOSi/c1-3-15(2,18-12-8-7-11-17-18)16-13-14-9-5-4-6-10-14/h4-6,9-10,16,18H,3,7-8,11-13H2,1-2H3. The smallest absolute Gasteiger partial charge is 0.196 e. The molecule has 1 aromatic carbocycles. The molecule has 0 aromatic heterocycles. The van der Waals surface area contributed by atoms with E-state index in [0.717, 1.165) is 19.6 Å². The van der Waals surface area contributed by atoms with Crippen molar-refractivity contribution in [1.29, 1.82) is 0 Å². The highest BCUT2D eigenvalue weighted by Crippen LogP contribution is 2.24. The summed E-state index contributed by atoms with van der Waals surface area (Å²) in [5.74, 6) is 0. The zero-order valence-corrected chi connectivity index (χ0v) is 12.8. The van der Waals surface area contributed by atoms with Crippen LogP contribution in [0.5, 0.6) is 0 Å². The average Bonchev–Trinajstić information content (AvgIpc) is 2.47. The molecule has 1 heterocycles. The first-order valence-electron chi connectivity index (χ1n) is 7.15. The number of benzene rings is 1. The number of hydrogen-bond acceptors (Lipinski definition) is 2. The van der Waals surface area contributed by atoms with E-state index in [1.165, 1.54) is 24.4 Å². The predicted octanol–water partition coefficient (Wildman–Crippen LogP) is 3.02. The summed E-state index contributed by atoms with van der Waals surface area (Å²) >= 11 is 0. The van der Waals surface area contributed by atoms with Gasteiger partial charge in [0.05, 0.1) is 0 Å². The Morgan fingerprint density at radius 3 is 2.67 bits per heavy atom. The first kappa shape index (κ1) is 13.8. The highest BCUT2D eigenvalue weighted by atomic mass is 28.3. The van der Waals surface area contributed by atoms with E-state index >= 15 is 0 Å². The SMILES string of the molecule is CCC(C)(NCc1ccccc1)[SiH]1CCCCO1. The van der Waals surface area contributed by atoms with E-state index in [4.69, 9.17) is 4.43 Å². The third-order valence-electron chi connectivity index (χ3n) is 4.16. The van der Waals surface area contributed by atoms with Crippen molar-refractivity contribution in [2.24, 2.45) is 0 Å². The Hall–Kier alpha value is -0.643. The van der Waals surface area contributed by atoms with Gasteiger partial charge < -0.3 is 9.74 Å². The average molecular weight is 263 g/mol. The maximum atomic E-state index is 6.10. The molecule has 0 aliphatic carbocycles. The molecule has 0 amide bonds. The first-order chi connectivity index (χ1) is 8.74. The fourth-order valence-electron chi connectivity index (χ4n) is 2.61. The van der Waals surface area contributed by atoms with E-state index < -0.39 is 9.04 Å². The molecule has 0 radical (unpaired) electrons. The molecule has 1 fully saturated rings. The van der Waals surface area contributed by atoms with Gasteiger partial charge in [0.15, 0.2) is 9.04 Å². The van der Waals surface area contributed by atoms with Crippen molar-refractivity contribution >= 4 is 9.04 Å². The Morgan fingerprint density at radius 2 is 2.06 bits per heavy atom. The van der Waals surface area contributed by atoms with Crippen LogP contribution in [0.4, 0.5) is 0 Å². The van der Waals surface area contributed by atoms with Gasteiger partial charge in [-0.1, -0.05) is 43.7 Å². The Balaban J connectivity index is 1.94. The van der Waals surface area contributed by atoms with Crippen molar-refractivity contribution in [1.82, 2.24) is 5.32 Å². The zero-order valence-electron chi connectivity index (χ0n) is 11.6. The summed E-state index contributed by atoms with van der Waals surface area (Å²) in [5.41, 5.74) is 1.36. The first-order valence-corrected chi connectivity index (χ1v) is 9.02. The summed E-state index contributed by atoms with van der Waals surface area (Å²) in [6, 6.07) is 12.0. The van der Waals surface area contributed by atoms with Gasteiger partial charge in [0.1, 0.15) is 0 Å². The maximum absolute atomic E-state index is 6.10. The summed E-state index contributed by atoms with van der Waals surface area (Å²) in [5, 5.41) is 4.00. The molecule has 18 heavy (non-hydrogen) atoms. The minimum atomic E-state index is -1.11. The van der Waals surface area contributed by atoms with Crippen LogP contribution in [0.1, 0.15) is 38.7 Å². The van der Waals surface area contributed by atoms with Gasteiger partial charge >= 0.3 is 0 Å². The summed E-state index contributed by atoms with van der Waals surface area (Å²) in [7, 11) is -1.11. The Bertz CT molecular complexity index is 351. The van der Waals surface area contributed by atoms with Crippen LogP contribution in [-0.4, -0.2) is 20.8 Å². The molecule has 2 rings (SSSR count). The van der Waals surface area contributed by atoms with E-state index in [1.807, 2.05) is 0 Å². The maximum Gasteiger partial charge on any atom is 0.196 e. The highest BCUT2D eigenvalue weighted by Gasteiger charge is 2.35. The van der Waals surface area contributed by atoms with Gasteiger partial charge in [0.2, 0.25) is 0 Å². The molecule has 0 bridgehead atoms. The lowest BCUT2D eigenvalue weighted by atomic mass is 10.2. The lowest BCUT2D eigenvalue weighted by Gasteiger charge is -2.38. The molecule has 1 aromatic rings. The molecule has 1 saturated heterocycles. The van der Waals surface area contributed by atoms with E-state index in [2.05, 4.69) is 49.5 Å². The summed E-state index contributed by atoms with van der Waals surface area (Å²) in [6.45, 7) is 6.58. The monoisotopic (exact) mass is 263 g/mol. The van der Waals surface area contributed by atoms with Crippen LogP contribution in [0, 0.1) is 0 Å². The molecule has 2 unspecified atom stereocenters. The molecular weight excluding hydrogens is 238 g/mol. The van der Waals surface area contributed by atoms with E-state index in [1.54, 1.807) is 0 Å². The molecule has 1 N–H and O–H groups in total. The van der Waals surface area contributed by atoms with Crippen LogP contribution in [0.25, 0.3) is 0 Å². The summed E-state index contributed by atoms with van der Waals surface area (Å²) < 4.78 is 6.10. The summed E-state index contributed by atoms with van der Waals surface area (Å²) in [4.78, 5) is 0. The molecule has 2 atom stereocenters. The van der Waals surface area contributed by atoms with Gasteiger partial charge in [0, 0.05) is 18.3 Å². The Kier molecular flexibility index (Phi) is 4.98. The zero-order chi connectivity index (χ0) is 12.8. The lowest BCUT2D eigenvalue weighted by Crippen LogP contribution is -2.56.